The molecule has 0 fully saturated rings. The van der Waals surface area contributed by atoms with Crippen LogP contribution < -0.4 is 21.3 Å². The molecule has 0 aliphatic heterocycles. The van der Waals surface area contributed by atoms with E-state index in [0.29, 0.717) is 11.3 Å². The number of primary amides is 1. The third-order valence-electron chi connectivity index (χ3n) is 8.02. The number of phenols is 1. The zero-order valence-electron chi connectivity index (χ0n) is 22.7. The molecule has 3 aliphatic carbocycles. The molecule has 0 bridgehead atoms. The number of ketones is 1. The van der Waals surface area contributed by atoms with Crippen LogP contribution in [-0.4, -0.2) is 106 Å². The molecule has 4 amide bonds. The lowest BCUT2D eigenvalue weighted by molar-refractivity contribution is -0.124. The molecular formula is C26H32ClN5O9. The Balaban J connectivity index is 1.92. The quantitative estimate of drug-likeness (QED) is 0.166. The number of amides is 4. The van der Waals surface area contributed by atoms with Gasteiger partial charge in [-0.1, -0.05) is 0 Å². The van der Waals surface area contributed by atoms with Gasteiger partial charge in [-0.15, -0.1) is 11.6 Å². The highest BCUT2D eigenvalue weighted by atomic mass is 35.5. The second-order valence-electron chi connectivity index (χ2n) is 10.8. The first kappa shape index (κ1) is 30.1. The average molecular weight is 594 g/mol. The normalized spacial score (nSPS) is 27.2. The van der Waals surface area contributed by atoms with Crippen LogP contribution in [0, 0.1) is 11.8 Å². The van der Waals surface area contributed by atoms with Crippen molar-refractivity contribution in [3.63, 3.8) is 0 Å². The van der Waals surface area contributed by atoms with E-state index >= 15 is 0 Å². The summed E-state index contributed by atoms with van der Waals surface area (Å²) in [5.74, 6) is -7.83. The van der Waals surface area contributed by atoms with Crippen LogP contribution in [0.15, 0.2) is 28.7 Å². The van der Waals surface area contributed by atoms with E-state index in [4.69, 9.17) is 17.3 Å². The van der Waals surface area contributed by atoms with Crippen molar-refractivity contribution in [1.82, 2.24) is 10.2 Å². The van der Waals surface area contributed by atoms with Gasteiger partial charge < -0.3 is 46.4 Å². The van der Waals surface area contributed by atoms with Crippen LogP contribution in [0.3, 0.4) is 0 Å². The maximum atomic E-state index is 14.0. The summed E-state index contributed by atoms with van der Waals surface area (Å²) in [6.45, 7) is 0. The number of nitrogens with zero attached hydrogens (tertiary/aromatic N) is 2. The van der Waals surface area contributed by atoms with Crippen LogP contribution in [0.25, 0.3) is 0 Å². The van der Waals surface area contributed by atoms with Gasteiger partial charge >= 0.3 is 6.03 Å². The molecule has 9 N–H and O–H groups in total. The molecule has 0 heterocycles. The van der Waals surface area contributed by atoms with Crippen molar-refractivity contribution in [2.75, 3.05) is 44.3 Å². The first-order valence-electron chi connectivity index (χ1n) is 12.6. The number of Topliss-reactive ketones (excluding diaryl/α,β-unsaturated/α-hetero) is 1. The van der Waals surface area contributed by atoms with Crippen LogP contribution in [0.2, 0.25) is 0 Å². The van der Waals surface area contributed by atoms with E-state index in [1.165, 1.54) is 11.0 Å². The number of hydrogen-bond acceptors (Lipinski definition) is 11. The summed E-state index contributed by atoms with van der Waals surface area (Å²) in [6.07, 6.45) is -1.51. The highest BCUT2D eigenvalue weighted by molar-refractivity contribution is 6.28. The van der Waals surface area contributed by atoms with E-state index < -0.39 is 81.9 Å². The van der Waals surface area contributed by atoms with Crippen molar-refractivity contribution in [2.24, 2.45) is 17.6 Å². The zero-order chi connectivity index (χ0) is 30.7. The number of benzene rings is 1. The van der Waals surface area contributed by atoms with Crippen molar-refractivity contribution < 1.29 is 44.7 Å². The lowest BCUT2D eigenvalue weighted by Crippen LogP contribution is -2.64. The van der Waals surface area contributed by atoms with Crippen LogP contribution in [0.1, 0.15) is 22.3 Å². The number of phenolic OH excluding ortho intramolecular Hbond substituents is 1. The van der Waals surface area contributed by atoms with Crippen LogP contribution in [0.4, 0.5) is 16.2 Å². The van der Waals surface area contributed by atoms with E-state index in [2.05, 4.69) is 5.32 Å². The number of halogens is 1. The lowest BCUT2D eigenvalue weighted by atomic mass is 9.58. The second-order valence-corrected chi connectivity index (χ2v) is 11.1. The predicted octanol–water partition coefficient (Wildman–Crippen LogP) is -0.135. The van der Waals surface area contributed by atoms with Gasteiger partial charge in [-0.2, -0.15) is 0 Å². The Hall–Kier alpha value is -3.85. The number of allylic oxidation sites excluding steroid dienone is 1. The van der Waals surface area contributed by atoms with E-state index in [0.717, 1.165) is 0 Å². The number of alkyl halides is 1. The highest BCUT2D eigenvalue weighted by Crippen LogP contribution is 2.55. The van der Waals surface area contributed by atoms with Gasteiger partial charge in [0.1, 0.15) is 23.5 Å². The minimum absolute atomic E-state index is 0.00629. The largest absolute Gasteiger partial charge is 0.508 e. The number of carbonyl (C=O) groups is 4. The molecule has 14 nitrogen and oxygen atoms in total. The molecular weight excluding hydrogens is 562 g/mol. The number of aliphatic hydroxyl groups excluding tert-OH is 3. The third-order valence-corrected chi connectivity index (χ3v) is 8.26. The Morgan fingerprint density at radius 1 is 1.15 bits per heavy atom. The molecule has 0 saturated heterocycles. The van der Waals surface area contributed by atoms with E-state index in [-0.39, 0.29) is 29.7 Å². The Kier molecular flexibility index (Phi) is 7.73. The highest BCUT2D eigenvalue weighted by Gasteiger charge is 2.62. The number of likely N-dealkylation sites (N-methyl/N-ethyl adjacent to an activating group) is 1. The number of nitrogens with two attached hydrogens (primary N) is 1. The molecule has 0 saturated carbocycles. The molecule has 0 aromatic heterocycles. The predicted molar refractivity (Wildman–Crippen MR) is 147 cm³/mol. The maximum absolute atomic E-state index is 14.0. The smallest absolute Gasteiger partial charge is 0.326 e. The van der Waals surface area contributed by atoms with Crippen LogP contribution in [-0.2, 0) is 16.0 Å². The zero-order valence-corrected chi connectivity index (χ0v) is 23.5. The summed E-state index contributed by atoms with van der Waals surface area (Å²) in [7, 11) is 6.52. The van der Waals surface area contributed by atoms with Crippen LogP contribution in [0.5, 0.6) is 5.75 Å². The molecule has 15 heteroatoms. The van der Waals surface area contributed by atoms with E-state index in [1.54, 1.807) is 33.1 Å². The number of urea groups is 1. The van der Waals surface area contributed by atoms with Crippen molar-refractivity contribution in [2.45, 2.75) is 30.6 Å². The number of hydrogen-bond donors (Lipinski definition) is 8. The summed E-state index contributed by atoms with van der Waals surface area (Å²) in [4.78, 5) is 53.1. The molecule has 1 unspecified atom stereocenters. The fourth-order valence-corrected chi connectivity index (χ4v) is 6.37. The Morgan fingerprint density at radius 3 is 2.32 bits per heavy atom. The summed E-state index contributed by atoms with van der Waals surface area (Å²) in [6, 6.07) is -0.583. The van der Waals surface area contributed by atoms with E-state index in [1.807, 2.05) is 5.32 Å². The third kappa shape index (κ3) is 4.56. The number of rotatable bonds is 5. The first-order chi connectivity index (χ1) is 19.1. The topological polar surface area (TPSA) is 226 Å². The molecule has 0 radical (unpaired) electrons. The van der Waals surface area contributed by atoms with Gasteiger partial charge in [0, 0.05) is 37.3 Å². The molecule has 41 heavy (non-hydrogen) atoms. The Labute approximate surface area is 239 Å². The average Bonchev–Trinajstić information content (AvgIpc) is 2.87. The molecule has 3 aliphatic rings. The van der Waals surface area contributed by atoms with Gasteiger partial charge in [-0.25, -0.2) is 4.79 Å². The maximum Gasteiger partial charge on any atom is 0.326 e. The lowest BCUT2D eigenvalue weighted by Gasteiger charge is -2.52. The minimum atomic E-state index is -2.64. The number of aliphatic hydroxyl groups is 4. The molecule has 1 aromatic rings. The van der Waals surface area contributed by atoms with Crippen LogP contribution >= 0.6 is 11.6 Å². The van der Waals surface area contributed by atoms with Gasteiger partial charge in [0.05, 0.1) is 16.8 Å². The molecule has 222 valence electrons. The Bertz CT molecular complexity index is 1420. The molecule has 5 atom stereocenters. The SMILES string of the molecule is CN(C)c1cc(NC(=O)NC(=O)CCl)c(O)c2c1C[C@H]1C[C@H]3[C@H](N(C)C)C(O)C(C(N)=O)=C(O)[C@@]3(O)C(O)=C1C2=O. The standard InChI is InChI=1S/C26H32ClN5O9/c1-31(2)13-7-12(29-25(40)30-14(33)8-27)19(34)16-10(13)5-9-6-11-18(32(3)4)21(36)17(24(28)39)23(38)26(11,41)22(37)15(9)20(16)35/h7,9,11,18,21,34,36-38,41H,5-6,8H2,1-4H3,(H2,28,39)(H2,29,30,33,40)/t9-,11-,18-,21?,26-/m0/s1. The number of aromatic hydroxyl groups is 1. The summed E-state index contributed by atoms with van der Waals surface area (Å²) >= 11 is 5.42. The molecule has 1 aromatic carbocycles. The minimum Gasteiger partial charge on any atom is -0.508 e. The van der Waals surface area contributed by atoms with Crippen molar-refractivity contribution in [1.29, 1.82) is 0 Å². The number of anilines is 2. The summed E-state index contributed by atoms with van der Waals surface area (Å²) < 4.78 is 0. The van der Waals surface area contributed by atoms with Gasteiger partial charge in [0.15, 0.2) is 17.1 Å². The fraction of sp³-hybridized carbons (Fsp3) is 0.462. The monoisotopic (exact) mass is 593 g/mol. The van der Waals surface area contributed by atoms with Gasteiger partial charge in [0.25, 0.3) is 5.91 Å². The van der Waals surface area contributed by atoms with Gasteiger partial charge in [0.2, 0.25) is 5.91 Å². The number of fused-ring (bicyclic) bond motifs is 3. The number of carbonyl (C=O) groups excluding carboxylic acids is 4. The van der Waals surface area contributed by atoms with Crippen molar-refractivity contribution >= 4 is 46.6 Å². The second kappa shape index (κ2) is 10.5. The van der Waals surface area contributed by atoms with E-state index in [9.17, 15) is 44.7 Å². The molecule has 0 spiro atoms. The number of nitrogens with one attached hydrogen (secondary N) is 2. The van der Waals surface area contributed by atoms with Gasteiger partial charge in [-0.05, 0) is 44.5 Å². The van der Waals surface area contributed by atoms with Crippen molar-refractivity contribution in [3.8, 4) is 5.75 Å². The summed E-state index contributed by atoms with van der Waals surface area (Å²) in [5.41, 5.74) is 2.10. The summed E-state index contributed by atoms with van der Waals surface area (Å²) in [5, 5.41) is 60.6. The van der Waals surface area contributed by atoms with Crippen molar-refractivity contribution in [3.05, 3.63) is 39.9 Å². The van der Waals surface area contributed by atoms with Gasteiger partial charge in [-0.3, -0.25) is 19.7 Å². The molecule has 4 rings (SSSR count). The number of imide groups is 1. The fourth-order valence-electron chi connectivity index (χ4n) is 6.30. The first-order valence-corrected chi connectivity index (χ1v) is 13.1. The Morgan fingerprint density at radius 2 is 1.78 bits per heavy atom.